The molecular formula is C14H21N3O. The molecule has 0 aromatic heterocycles. The van der Waals surface area contributed by atoms with Gasteiger partial charge in [0.1, 0.15) is 0 Å². The Morgan fingerprint density at radius 2 is 2.17 bits per heavy atom. The summed E-state index contributed by atoms with van der Waals surface area (Å²) in [5.74, 6) is 0.0292. The van der Waals surface area contributed by atoms with Crippen LogP contribution in [0.1, 0.15) is 12.0 Å². The van der Waals surface area contributed by atoms with Crippen molar-refractivity contribution < 1.29 is 4.79 Å². The topological polar surface area (TPSA) is 49.6 Å². The predicted octanol–water partition coefficient (Wildman–Crippen LogP) is 0.678. The first-order valence-electron chi connectivity index (χ1n) is 6.42. The predicted molar refractivity (Wildman–Crippen MR) is 71.9 cm³/mol. The fraction of sp³-hybridized carbons (Fsp3) is 0.500. The Balaban J connectivity index is 1.87. The molecule has 2 N–H and O–H groups in total. The third-order valence-electron chi connectivity index (χ3n) is 3.61. The van der Waals surface area contributed by atoms with Crippen LogP contribution in [-0.2, 0) is 11.3 Å². The van der Waals surface area contributed by atoms with E-state index >= 15 is 0 Å². The average Bonchev–Trinajstić information content (AvgIpc) is 2.86. The van der Waals surface area contributed by atoms with E-state index < -0.39 is 0 Å². The van der Waals surface area contributed by atoms with Crippen LogP contribution in [0, 0.1) is 0 Å². The Morgan fingerprint density at radius 3 is 2.83 bits per heavy atom. The summed E-state index contributed by atoms with van der Waals surface area (Å²) < 4.78 is 0. The fourth-order valence-electron chi connectivity index (χ4n) is 2.46. The van der Waals surface area contributed by atoms with Crippen LogP contribution in [0.25, 0.3) is 0 Å². The molecule has 1 fully saturated rings. The third-order valence-corrected chi connectivity index (χ3v) is 3.61. The number of nitrogens with two attached hydrogens (primary N) is 1. The maximum absolute atomic E-state index is 11.5. The second-order valence-corrected chi connectivity index (χ2v) is 4.87. The second-order valence-electron chi connectivity index (χ2n) is 4.87. The Labute approximate surface area is 108 Å². The van der Waals surface area contributed by atoms with E-state index in [9.17, 15) is 4.79 Å². The Morgan fingerprint density at radius 1 is 1.44 bits per heavy atom. The zero-order valence-electron chi connectivity index (χ0n) is 10.9. The highest BCUT2D eigenvalue weighted by Gasteiger charge is 2.27. The van der Waals surface area contributed by atoms with Gasteiger partial charge in [0, 0.05) is 32.7 Å². The maximum Gasteiger partial charge on any atom is 0.236 e. The van der Waals surface area contributed by atoms with Crippen LogP contribution in [-0.4, -0.2) is 48.4 Å². The zero-order chi connectivity index (χ0) is 13.0. The molecule has 1 aliphatic heterocycles. The van der Waals surface area contributed by atoms with E-state index in [0.717, 1.165) is 26.1 Å². The first-order chi connectivity index (χ1) is 8.70. The third kappa shape index (κ3) is 3.09. The van der Waals surface area contributed by atoms with E-state index in [1.807, 2.05) is 13.1 Å². The van der Waals surface area contributed by atoms with Gasteiger partial charge in [-0.1, -0.05) is 30.3 Å². The highest BCUT2D eigenvalue weighted by molar-refractivity contribution is 5.78. The minimum absolute atomic E-state index is 0.0292. The molecule has 2 rings (SSSR count). The molecule has 1 heterocycles. The standard InChI is InChI=1S/C14H21N3O/c1-16(14(18)9-15)13-7-8-17(11-13)10-12-5-3-2-4-6-12/h2-6,13H,7-11,15H2,1H3/t13-/m1/s1. The molecule has 1 amide bonds. The maximum atomic E-state index is 11.5. The minimum atomic E-state index is 0.0292. The number of benzene rings is 1. The van der Waals surface area contributed by atoms with Crippen LogP contribution in [0.2, 0.25) is 0 Å². The van der Waals surface area contributed by atoms with Crippen LogP contribution in [0.3, 0.4) is 0 Å². The van der Waals surface area contributed by atoms with Gasteiger partial charge in [-0.05, 0) is 12.0 Å². The lowest BCUT2D eigenvalue weighted by atomic mass is 10.2. The normalized spacial score (nSPS) is 20.0. The largest absolute Gasteiger partial charge is 0.340 e. The SMILES string of the molecule is CN(C(=O)CN)[C@@H]1CCN(Cc2ccccc2)C1. The minimum Gasteiger partial charge on any atom is -0.340 e. The van der Waals surface area contributed by atoms with E-state index in [1.165, 1.54) is 5.56 Å². The van der Waals surface area contributed by atoms with Crippen molar-refractivity contribution in [2.45, 2.75) is 19.0 Å². The molecule has 18 heavy (non-hydrogen) atoms. The molecule has 0 spiro atoms. The van der Waals surface area contributed by atoms with E-state index in [-0.39, 0.29) is 12.5 Å². The number of rotatable bonds is 4. The van der Waals surface area contributed by atoms with E-state index in [4.69, 9.17) is 5.73 Å². The summed E-state index contributed by atoms with van der Waals surface area (Å²) in [5.41, 5.74) is 6.72. The number of nitrogens with zero attached hydrogens (tertiary/aromatic N) is 2. The van der Waals surface area contributed by atoms with Crippen LogP contribution in [0.15, 0.2) is 30.3 Å². The molecule has 1 aliphatic rings. The van der Waals surface area contributed by atoms with Crippen LogP contribution >= 0.6 is 0 Å². The number of carbonyl (C=O) groups is 1. The highest BCUT2D eigenvalue weighted by atomic mass is 16.2. The van der Waals surface area contributed by atoms with Gasteiger partial charge < -0.3 is 10.6 Å². The van der Waals surface area contributed by atoms with Crippen molar-refractivity contribution in [3.8, 4) is 0 Å². The number of hydrogen-bond acceptors (Lipinski definition) is 3. The van der Waals surface area contributed by atoms with Gasteiger partial charge >= 0.3 is 0 Å². The molecule has 4 heteroatoms. The lowest BCUT2D eigenvalue weighted by Gasteiger charge is -2.24. The molecule has 0 radical (unpaired) electrons. The van der Waals surface area contributed by atoms with Gasteiger partial charge in [-0.15, -0.1) is 0 Å². The number of hydrogen-bond donors (Lipinski definition) is 1. The molecule has 98 valence electrons. The summed E-state index contributed by atoms with van der Waals surface area (Å²) >= 11 is 0. The lowest BCUT2D eigenvalue weighted by molar-refractivity contribution is -0.130. The molecule has 0 unspecified atom stereocenters. The van der Waals surface area contributed by atoms with Crippen molar-refractivity contribution in [3.05, 3.63) is 35.9 Å². The quantitative estimate of drug-likeness (QED) is 0.851. The number of likely N-dealkylation sites (tertiary alicyclic amines) is 1. The van der Waals surface area contributed by atoms with Crippen molar-refractivity contribution in [2.75, 3.05) is 26.7 Å². The van der Waals surface area contributed by atoms with Crippen molar-refractivity contribution >= 4 is 5.91 Å². The summed E-state index contributed by atoms with van der Waals surface area (Å²) in [6, 6.07) is 10.7. The van der Waals surface area contributed by atoms with E-state index in [1.54, 1.807) is 4.90 Å². The Bertz CT molecular complexity index is 393. The summed E-state index contributed by atoms with van der Waals surface area (Å²) in [6.45, 7) is 3.05. The van der Waals surface area contributed by atoms with Gasteiger partial charge in [0.2, 0.25) is 5.91 Å². The zero-order valence-corrected chi connectivity index (χ0v) is 10.9. The molecule has 1 atom stereocenters. The van der Waals surface area contributed by atoms with Crippen molar-refractivity contribution in [1.82, 2.24) is 9.80 Å². The molecule has 0 bridgehead atoms. The number of carbonyl (C=O) groups excluding carboxylic acids is 1. The highest BCUT2D eigenvalue weighted by Crippen LogP contribution is 2.17. The Kier molecular flexibility index (Phi) is 4.33. The number of likely N-dealkylation sites (N-methyl/N-ethyl adjacent to an activating group) is 1. The molecule has 1 aromatic rings. The number of amides is 1. The summed E-state index contributed by atoms with van der Waals surface area (Å²) in [4.78, 5) is 15.7. The van der Waals surface area contributed by atoms with Crippen LogP contribution in [0.4, 0.5) is 0 Å². The molecule has 0 aliphatic carbocycles. The summed E-state index contributed by atoms with van der Waals surface area (Å²) in [7, 11) is 1.85. The van der Waals surface area contributed by atoms with Gasteiger partial charge in [0.05, 0.1) is 6.54 Å². The molecule has 0 saturated carbocycles. The van der Waals surface area contributed by atoms with Gasteiger partial charge in [-0.3, -0.25) is 9.69 Å². The summed E-state index contributed by atoms with van der Waals surface area (Å²) in [5, 5.41) is 0. The molecule has 4 nitrogen and oxygen atoms in total. The van der Waals surface area contributed by atoms with Crippen LogP contribution in [0.5, 0.6) is 0 Å². The summed E-state index contributed by atoms with van der Waals surface area (Å²) in [6.07, 6.45) is 1.04. The van der Waals surface area contributed by atoms with Gasteiger partial charge in [-0.25, -0.2) is 0 Å². The van der Waals surface area contributed by atoms with Gasteiger partial charge in [0.15, 0.2) is 0 Å². The lowest BCUT2D eigenvalue weighted by Crippen LogP contribution is -2.42. The van der Waals surface area contributed by atoms with Crippen molar-refractivity contribution in [1.29, 1.82) is 0 Å². The molecule has 1 aromatic carbocycles. The molecule has 1 saturated heterocycles. The Hall–Kier alpha value is -1.39. The van der Waals surface area contributed by atoms with Crippen molar-refractivity contribution in [3.63, 3.8) is 0 Å². The average molecular weight is 247 g/mol. The monoisotopic (exact) mass is 247 g/mol. The smallest absolute Gasteiger partial charge is 0.236 e. The van der Waals surface area contributed by atoms with Crippen molar-refractivity contribution in [2.24, 2.45) is 5.73 Å². The molecular weight excluding hydrogens is 226 g/mol. The van der Waals surface area contributed by atoms with E-state index in [0.29, 0.717) is 6.04 Å². The second kappa shape index (κ2) is 5.98. The van der Waals surface area contributed by atoms with Gasteiger partial charge in [0.25, 0.3) is 0 Å². The first kappa shape index (κ1) is 13.1. The first-order valence-corrected chi connectivity index (χ1v) is 6.42. The van der Waals surface area contributed by atoms with Gasteiger partial charge in [-0.2, -0.15) is 0 Å². The fourth-order valence-corrected chi connectivity index (χ4v) is 2.46. The van der Waals surface area contributed by atoms with Crippen LogP contribution < -0.4 is 5.73 Å². The van der Waals surface area contributed by atoms with E-state index in [2.05, 4.69) is 29.2 Å².